The van der Waals surface area contributed by atoms with E-state index in [2.05, 4.69) is 9.97 Å². The van der Waals surface area contributed by atoms with Crippen LogP contribution in [-0.2, 0) is 6.54 Å². The highest BCUT2D eigenvalue weighted by Gasteiger charge is 2.11. The molecule has 0 amide bonds. The van der Waals surface area contributed by atoms with E-state index in [0.717, 1.165) is 17.1 Å². The van der Waals surface area contributed by atoms with Gasteiger partial charge >= 0.3 is 0 Å². The van der Waals surface area contributed by atoms with Crippen molar-refractivity contribution in [3.05, 3.63) is 42.2 Å². The Labute approximate surface area is 106 Å². The first-order valence-electron chi connectivity index (χ1n) is 5.65. The number of aromatic nitrogens is 2. The Bertz CT molecular complexity index is 530. The summed E-state index contributed by atoms with van der Waals surface area (Å²) in [5, 5.41) is 0. The van der Waals surface area contributed by atoms with Crippen LogP contribution in [0.4, 0.5) is 11.6 Å². The van der Waals surface area contributed by atoms with Gasteiger partial charge in [0.25, 0.3) is 0 Å². The minimum atomic E-state index is 0.398. The standard InChI is InChI=1S/C13H16N4O/c1-17(11-5-3-4-6-12(11)18-2)13-15-8-7-10(9-14)16-13/h3-8H,9,14H2,1-2H3. The van der Waals surface area contributed by atoms with E-state index < -0.39 is 0 Å². The van der Waals surface area contributed by atoms with Crippen molar-refractivity contribution in [3.63, 3.8) is 0 Å². The van der Waals surface area contributed by atoms with Crippen molar-refractivity contribution in [1.29, 1.82) is 0 Å². The Balaban J connectivity index is 2.37. The lowest BCUT2D eigenvalue weighted by Crippen LogP contribution is -2.15. The fourth-order valence-corrected chi connectivity index (χ4v) is 1.67. The molecule has 1 heterocycles. The zero-order valence-corrected chi connectivity index (χ0v) is 10.5. The number of hydrogen-bond donors (Lipinski definition) is 1. The number of rotatable bonds is 4. The first kappa shape index (κ1) is 12.3. The SMILES string of the molecule is COc1ccccc1N(C)c1nccc(CN)n1. The summed E-state index contributed by atoms with van der Waals surface area (Å²) in [4.78, 5) is 10.5. The largest absolute Gasteiger partial charge is 0.495 e. The van der Waals surface area contributed by atoms with Crippen LogP contribution in [0.15, 0.2) is 36.5 Å². The molecule has 2 aromatic rings. The third kappa shape index (κ3) is 2.41. The molecule has 0 saturated carbocycles. The Hall–Kier alpha value is -2.14. The topological polar surface area (TPSA) is 64.3 Å². The summed E-state index contributed by atoms with van der Waals surface area (Å²) in [5.41, 5.74) is 7.30. The Morgan fingerprint density at radius 3 is 2.78 bits per heavy atom. The first-order chi connectivity index (χ1) is 8.76. The quantitative estimate of drug-likeness (QED) is 0.887. The monoisotopic (exact) mass is 244 g/mol. The summed E-state index contributed by atoms with van der Waals surface area (Å²) in [6, 6.07) is 9.53. The third-order valence-electron chi connectivity index (χ3n) is 2.66. The fraction of sp³-hybridized carbons (Fsp3) is 0.231. The molecule has 2 rings (SSSR count). The van der Waals surface area contributed by atoms with Gasteiger partial charge < -0.3 is 15.4 Å². The van der Waals surface area contributed by atoms with Crippen molar-refractivity contribution in [2.75, 3.05) is 19.1 Å². The fourth-order valence-electron chi connectivity index (χ4n) is 1.67. The summed E-state index contributed by atoms with van der Waals surface area (Å²) in [6.45, 7) is 0.398. The number of methoxy groups -OCH3 is 1. The van der Waals surface area contributed by atoms with Gasteiger partial charge in [-0.25, -0.2) is 9.97 Å². The number of nitrogens with zero attached hydrogens (tertiary/aromatic N) is 3. The van der Waals surface area contributed by atoms with E-state index >= 15 is 0 Å². The maximum Gasteiger partial charge on any atom is 0.229 e. The molecule has 5 heteroatoms. The third-order valence-corrected chi connectivity index (χ3v) is 2.66. The normalized spacial score (nSPS) is 10.2. The highest BCUT2D eigenvalue weighted by molar-refractivity contribution is 5.64. The van der Waals surface area contributed by atoms with E-state index in [1.165, 1.54) is 0 Å². The smallest absolute Gasteiger partial charge is 0.229 e. The average molecular weight is 244 g/mol. The highest BCUT2D eigenvalue weighted by Crippen LogP contribution is 2.30. The second-order valence-electron chi connectivity index (χ2n) is 3.78. The number of nitrogens with two attached hydrogens (primary N) is 1. The van der Waals surface area contributed by atoms with Crippen LogP contribution in [0.1, 0.15) is 5.69 Å². The van der Waals surface area contributed by atoms with Crippen molar-refractivity contribution >= 4 is 11.6 Å². The van der Waals surface area contributed by atoms with Gasteiger partial charge in [0.1, 0.15) is 5.75 Å². The molecule has 0 bridgehead atoms. The molecule has 0 spiro atoms. The summed E-state index contributed by atoms with van der Waals surface area (Å²) >= 11 is 0. The summed E-state index contributed by atoms with van der Waals surface area (Å²) in [6.07, 6.45) is 1.70. The molecule has 1 aromatic carbocycles. The summed E-state index contributed by atoms with van der Waals surface area (Å²) in [5.74, 6) is 1.38. The highest BCUT2D eigenvalue weighted by atomic mass is 16.5. The van der Waals surface area contributed by atoms with Crippen molar-refractivity contribution < 1.29 is 4.74 Å². The molecule has 0 aliphatic heterocycles. The van der Waals surface area contributed by atoms with Crippen molar-refractivity contribution in [3.8, 4) is 5.75 Å². The van der Waals surface area contributed by atoms with Crippen LogP contribution in [0.3, 0.4) is 0 Å². The molecular formula is C13H16N4O. The predicted octanol–water partition coefficient (Wildman–Crippen LogP) is 1.71. The molecule has 0 radical (unpaired) electrons. The predicted molar refractivity (Wildman–Crippen MR) is 71.0 cm³/mol. The lowest BCUT2D eigenvalue weighted by Gasteiger charge is -2.19. The summed E-state index contributed by atoms with van der Waals surface area (Å²) < 4.78 is 5.32. The van der Waals surface area contributed by atoms with Gasteiger partial charge in [0, 0.05) is 19.8 Å². The van der Waals surface area contributed by atoms with Gasteiger partial charge in [-0.05, 0) is 18.2 Å². The van der Waals surface area contributed by atoms with Gasteiger partial charge in [0.15, 0.2) is 0 Å². The molecule has 0 aliphatic carbocycles. The second kappa shape index (κ2) is 5.46. The van der Waals surface area contributed by atoms with E-state index in [1.807, 2.05) is 36.2 Å². The molecule has 0 saturated heterocycles. The van der Waals surface area contributed by atoms with Crippen LogP contribution in [0.5, 0.6) is 5.75 Å². The maximum atomic E-state index is 5.58. The minimum Gasteiger partial charge on any atom is -0.495 e. The van der Waals surface area contributed by atoms with E-state index in [1.54, 1.807) is 19.4 Å². The van der Waals surface area contributed by atoms with Crippen LogP contribution in [0.2, 0.25) is 0 Å². The Kier molecular flexibility index (Phi) is 3.74. The van der Waals surface area contributed by atoms with E-state index in [0.29, 0.717) is 12.5 Å². The number of para-hydroxylation sites is 2. The van der Waals surface area contributed by atoms with Crippen LogP contribution < -0.4 is 15.4 Å². The van der Waals surface area contributed by atoms with E-state index in [-0.39, 0.29) is 0 Å². The van der Waals surface area contributed by atoms with Crippen molar-refractivity contribution in [2.24, 2.45) is 5.73 Å². The van der Waals surface area contributed by atoms with Gasteiger partial charge in [-0.15, -0.1) is 0 Å². The van der Waals surface area contributed by atoms with Gasteiger partial charge in [0.05, 0.1) is 18.5 Å². The van der Waals surface area contributed by atoms with Crippen LogP contribution in [0.25, 0.3) is 0 Å². The summed E-state index contributed by atoms with van der Waals surface area (Å²) in [7, 11) is 3.54. The van der Waals surface area contributed by atoms with Crippen LogP contribution in [0, 0.1) is 0 Å². The molecular weight excluding hydrogens is 228 g/mol. The number of ether oxygens (including phenoxy) is 1. The molecule has 94 valence electrons. The van der Waals surface area contributed by atoms with Gasteiger partial charge in [0.2, 0.25) is 5.95 Å². The van der Waals surface area contributed by atoms with E-state index in [9.17, 15) is 0 Å². The van der Waals surface area contributed by atoms with Gasteiger partial charge in [-0.2, -0.15) is 0 Å². The molecule has 0 fully saturated rings. The molecule has 0 aliphatic rings. The molecule has 0 unspecified atom stereocenters. The lowest BCUT2D eigenvalue weighted by atomic mass is 10.3. The van der Waals surface area contributed by atoms with Crippen LogP contribution in [-0.4, -0.2) is 24.1 Å². The molecule has 18 heavy (non-hydrogen) atoms. The molecule has 1 aromatic heterocycles. The molecule has 5 nitrogen and oxygen atoms in total. The zero-order valence-electron chi connectivity index (χ0n) is 10.5. The Morgan fingerprint density at radius 1 is 1.28 bits per heavy atom. The zero-order chi connectivity index (χ0) is 13.0. The number of anilines is 2. The van der Waals surface area contributed by atoms with E-state index in [4.69, 9.17) is 10.5 Å². The second-order valence-corrected chi connectivity index (χ2v) is 3.78. The maximum absolute atomic E-state index is 5.58. The first-order valence-corrected chi connectivity index (χ1v) is 5.65. The van der Waals surface area contributed by atoms with Crippen molar-refractivity contribution in [2.45, 2.75) is 6.54 Å². The minimum absolute atomic E-state index is 0.398. The number of hydrogen-bond acceptors (Lipinski definition) is 5. The Morgan fingerprint density at radius 2 is 2.06 bits per heavy atom. The van der Waals surface area contributed by atoms with Gasteiger partial charge in [-0.3, -0.25) is 0 Å². The molecule has 0 atom stereocenters. The van der Waals surface area contributed by atoms with Gasteiger partial charge in [-0.1, -0.05) is 12.1 Å². The lowest BCUT2D eigenvalue weighted by molar-refractivity contribution is 0.415. The van der Waals surface area contributed by atoms with Crippen molar-refractivity contribution in [1.82, 2.24) is 9.97 Å². The number of benzene rings is 1. The van der Waals surface area contributed by atoms with Crippen LogP contribution >= 0.6 is 0 Å². The average Bonchev–Trinajstić information content (AvgIpc) is 2.46. The molecule has 2 N–H and O–H groups in total.